The van der Waals surface area contributed by atoms with E-state index in [4.69, 9.17) is 0 Å². The molecule has 1 atom stereocenters. The molecule has 0 saturated heterocycles. The monoisotopic (exact) mass is 306 g/mol. The Morgan fingerprint density at radius 1 is 1.38 bits per heavy atom. The van der Waals surface area contributed by atoms with Crippen LogP contribution in [0.25, 0.3) is 0 Å². The Kier molecular flexibility index (Phi) is 5.62. The number of aromatic nitrogens is 3. The van der Waals surface area contributed by atoms with Gasteiger partial charge in [0.05, 0.1) is 5.75 Å². The van der Waals surface area contributed by atoms with Crippen LogP contribution in [0.3, 0.4) is 0 Å². The van der Waals surface area contributed by atoms with Crippen LogP contribution in [-0.2, 0) is 4.79 Å². The van der Waals surface area contributed by atoms with Crippen LogP contribution >= 0.6 is 11.8 Å². The van der Waals surface area contributed by atoms with Crippen LogP contribution in [0.1, 0.15) is 24.8 Å². The number of benzene rings is 1. The van der Waals surface area contributed by atoms with Crippen molar-refractivity contribution in [1.82, 2.24) is 20.5 Å². The largest absolute Gasteiger partial charge is 0.355 e. The molecule has 2 aromatic rings. The fraction of sp³-hybridized carbons (Fsp3) is 0.357. The molecule has 0 bridgehead atoms. The lowest BCUT2D eigenvalue weighted by Crippen LogP contribution is -2.27. The van der Waals surface area contributed by atoms with Crippen LogP contribution in [-0.4, -0.2) is 33.4 Å². The molecule has 1 aromatic heterocycles. The zero-order valence-corrected chi connectivity index (χ0v) is 12.6. The second-order valence-electron chi connectivity index (χ2n) is 4.72. The first-order valence-electron chi connectivity index (χ1n) is 6.74. The minimum atomic E-state index is -0.366. The summed E-state index contributed by atoms with van der Waals surface area (Å²) in [7, 11) is 0. The highest BCUT2D eigenvalue weighted by molar-refractivity contribution is 7.99. The number of carbonyl (C=O) groups excluding carboxylic acids is 1. The number of hydrogen-bond acceptors (Lipinski definition) is 4. The lowest BCUT2D eigenvalue weighted by Gasteiger charge is -2.12. The summed E-state index contributed by atoms with van der Waals surface area (Å²) in [5.41, 5.74) is 0.907. The van der Waals surface area contributed by atoms with Crippen LogP contribution in [0.4, 0.5) is 0 Å². The number of rotatable bonds is 7. The van der Waals surface area contributed by atoms with E-state index in [-0.39, 0.29) is 17.3 Å². The van der Waals surface area contributed by atoms with Crippen molar-refractivity contribution < 1.29 is 4.79 Å². The lowest BCUT2D eigenvalue weighted by molar-refractivity contribution is -0.118. The lowest BCUT2D eigenvalue weighted by atomic mass is 9.98. The molecule has 0 radical (unpaired) electrons. The van der Waals surface area contributed by atoms with E-state index in [0.29, 0.717) is 17.6 Å². The maximum Gasteiger partial charge on any atom is 0.341 e. The first-order chi connectivity index (χ1) is 10.1. The van der Waals surface area contributed by atoms with E-state index in [1.807, 2.05) is 18.2 Å². The maximum atomic E-state index is 11.7. The number of aromatic amines is 2. The summed E-state index contributed by atoms with van der Waals surface area (Å²) >= 11 is 1.19. The van der Waals surface area contributed by atoms with Gasteiger partial charge in [0.25, 0.3) is 0 Å². The first-order valence-corrected chi connectivity index (χ1v) is 7.73. The number of hydrogen-bond donors (Lipinski definition) is 3. The first kappa shape index (κ1) is 15.4. The molecule has 0 aliphatic rings. The molecule has 6 nitrogen and oxygen atoms in total. The van der Waals surface area contributed by atoms with Gasteiger partial charge in [0.2, 0.25) is 5.91 Å². The average molecular weight is 306 g/mol. The second kappa shape index (κ2) is 7.68. The molecule has 0 aliphatic heterocycles. The molecule has 1 amide bonds. The summed E-state index contributed by atoms with van der Waals surface area (Å²) in [6, 6.07) is 10.2. The number of thioether (sulfide) groups is 1. The minimum absolute atomic E-state index is 0.0656. The summed E-state index contributed by atoms with van der Waals surface area (Å²) in [5, 5.41) is 9.28. The van der Waals surface area contributed by atoms with Gasteiger partial charge in [-0.2, -0.15) is 0 Å². The van der Waals surface area contributed by atoms with Gasteiger partial charge in [0.1, 0.15) is 0 Å². The fourth-order valence-electron chi connectivity index (χ4n) is 1.88. The Morgan fingerprint density at radius 2 is 2.14 bits per heavy atom. The molecular weight excluding hydrogens is 288 g/mol. The molecule has 0 aliphatic carbocycles. The predicted octanol–water partition coefficient (Wildman–Crippen LogP) is 1.50. The van der Waals surface area contributed by atoms with Crippen molar-refractivity contribution >= 4 is 17.7 Å². The predicted molar refractivity (Wildman–Crippen MR) is 82.4 cm³/mol. The summed E-state index contributed by atoms with van der Waals surface area (Å²) in [6.45, 7) is 2.78. The van der Waals surface area contributed by atoms with Crippen molar-refractivity contribution in [2.45, 2.75) is 24.4 Å². The standard InChI is InChI=1S/C14H18N4O2S/c1-10(11-5-3-2-4-6-11)7-8-15-12(19)9-21-14-16-13(20)17-18-14/h2-6,10H,7-9H2,1H3,(H,15,19)(H2,16,17,18,20)/t10-/m1/s1. The third-order valence-electron chi connectivity index (χ3n) is 3.09. The number of nitrogens with one attached hydrogen (secondary N) is 3. The van der Waals surface area contributed by atoms with Gasteiger partial charge in [-0.25, -0.2) is 9.89 Å². The van der Waals surface area contributed by atoms with Crippen molar-refractivity contribution in [3.63, 3.8) is 0 Å². The molecule has 7 heteroatoms. The molecule has 0 unspecified atom stereocenters. The number of H-pyrrole nitrogens is 2. The molecule has 1 aromatic carbocycles. The Hall–Kier alpha value is -2.02. The summed E-state index contributed by atoms with van der Waals surface area (Å²) < 4.78 is 0. The molecule has 112 valence electrons. The van der Waals surface area contributed by atoms with E-state index in [2.05, 4.69) is 39.6 Å². The summed E-state index contributed by atoms with van der Waals surface area (Å²) in [6.07, 6.45) is 0.889. The van der Waals surface area contributed by atoms with E-state index >= 15 is 0 Å². The number of carbonyl (C=O) groups is 1. The Balaban J connectivity index is 1.66. The molecule has 1 heterocycles. The van der Waals surface area contributed by atoms with Gasteiger partial charge >= 0.3 is 5.69 Å². The molecule has 0 fully saturated rings. The fourth-order valence-corrected chi connectivity index (χ4v) is 2.53. The number of amides is 1. The van der Waals surface area contributed by atoms with Gasteiger partial charge in [-0.05, 0) is 17.9 Å². The molecule has 0 saturated carbocycles. The zero-order chi connectivity index (χ0) is 15.1. The molecule has 3 N–H and O–H groups in total. The number of nitrogens with zero attached hydrogens (tertiary/aromatic N) is 1. The molecule has 2 rings (SSSR count). The minimum Gasteiger partial charge on any atom is -0.355 e. The van der Waals surface area contributed by atoms with Crippen molar-refractivity contribution in [3.8, 4) is 0 Å². The Labute approximate surface area is 126 Å². The molecular formula is C14H18N4O2S. The van der Waals surface area contributed by atoms with Crippen LogP contribution in [0.15, 0.2) is 40.3 Å². The van der Waals surface area contributed by atoms with Gasteiger partial charge in [-0.15, -0.1) is 5.10 Å². The Morgan fingerprint density at radius 3 is 2.81 bits per heavy atom. The van der Waals surface area contributed by atoms with E-state index < -0.39 is 0 Å². The van der Waals surface area contributed by atoms with Crippen LogP contribution in [0.5, 0.6) is 0 Å². The van der Waals surface area contributed by atoms with Gasteiger partial charge in [-0.1, -0.05) is 49.0 Å². The topological polar surface area (TPSA) is 90.6 Å². The van der Waals surface area contributed by atoms with Crippen LogP contribution < -0.4 is 11.0 Å². The SMILES string of the molecule is C[C@H](CCNC(=O)CSc1n[nH]c(=O)[nH]1)c1ccccc1. The van der Waals surface area contributed by atoms with Crippen molar-refractivity contribution in [2.24, 2.45) is 0 Å². The van der Waals surface area contributed by atoms with Gasteiger partial charge in [-0.3, -0.25) is 9.78 Å². The Bertz CT molecular complexity index is 623. The third-order valence-corrected chi connectivity index (χ3v) is 3.96. The average Bonchev–Trinajstić information content (AvgIpc) is 2.91. The normalized spacial score (nSPS) is 12.0. The molecule has 21 heavy (non-hydrogen) atoms. The summed E-state index contributed by atoms with van der Waals surface area (Å²) in [4.78, 5) is 25.0. The molecule has 0 spiro atoms. The highest BCUT2D eigenvalue weighted by Gasteiger charge is 2.07. The van der Waals surface area contributed by atoms with E-state index in [1.54, 1.807) is 0 Å². The zero-order valence-electron chi connectivity index (χ0n) is 11.8. The quantitative estimate of drug-likeness (QED) is 0.676. The van der Waals surface area contributed by atoms with Crippen LogP contribution in [0.2, 0.25) is 0 Å². The van der Waals surface area contributed by atoms with Gasteiger partial charge in [0, 0.05) is 6.54 Å². The highest BCUT2D eigenvalue weighted by atomic mass is 32.2. The van der Waals surface area contributed by atoms with Crippen LogP contribution in [0, 0.1) is 0 Å². The summed E-state index contributed by atoms with van der Waals surface area (Å²) in [5.74, 6) is 0.575. The van der Waals surface area contributed by atoms with Gasteiger partial charge < -0.3 is 5.32 Å². The second-order valence-corrected chi connectivity index (χ2v) is 5.69. The third kappa shape index (κ3) is 5.11. The highest BCUT2D eigenvalue weighted by Crippen LogP contribution is 2.17. The van der Waals surface area contributed by atoms with Crippen molar-refractivity contribution in [1.29, 1.82) is 0 Å². The van der Waals surface area contributed by atoms with E-state index in [0.717, 1.165) is 6.42 Å². The van der Waals surface area contributed by atoms with E-state index in [9.17, 15) is 9.59 Å². The smallest absolute Gasteiger partial charge is 0.341 e. The maximum absolute atomic E-state index is 11.7. The van der Waals surface area contributed by atoms with Crippen molar-refractivity contribution in [3.05, 3.63) is 46.4 Å². The van der Waals surface area contributed by atoms with Crippen molar-refractivity contribution in [2.75, 3.05) is 12.3 Å². The van der Waals surface area contributed by atoms with Gasteiger partial charge in [0.15, 0.2) is 5.16 Å². The van der Waals surface area contributed by atoms with E-state index in [1.165, 1.54) is 17.3 Å².